The number of anilines is 1. The molecule has 0 aliphatic rings. The summed E-state index contributed by atoms with van der Waals surface area (Å²) in [7, 11) is 0. The highest BCUT2D eigenvalue weighted by Crippen LogP contribution is 2.06. The third-order valence-corrected chi connectivity index (χ3v) is 3.32. The van der Waals surface area contributed by atoms with Crippen molar-refractivity contribution in [2.24, 2.45) is 11.7 Å². The van der Waals surface area contributed by atoms with Gasteiger partial charge in [0.15, 0.2) is 5.82 Å². The van der Waals surface area contributed by atoms with Crippen LogP contribution < -0.4 is 16.4 Å². The van der Waals surface area contributed by atoms with Gasteiger partial charge in [0, 0.05) is 5.69 Å². The van der Waals surface area contributed by atoms with Gasteiger partial charge in [0.25, 0.3) is 0 Å². The van der Waals surface area contributed by atoms with Crippen LogP contribution in [0.5, 0.6) is 0 Å². The van der Waals surface area contributed by atoms with Crippen molar-refractivity contribution in [3.05, 3.63) is 42.0 Å². The summed E-state index contributed by atoms with van der Waals surface area (Å²) in [5.41, 5.74) is 6.43. The number of rotatable bonds is 7. The molecule has 0 saturated carbocycles. The SMILES string of the molecule is CC(C)[C@H](N)C(=O)NCc1nc(CC(=O)Nc2ccccc2)no1. The van der Waals surface area contributed by atoms with E-state index in [9.17, 15) is 9.59 Å². The lowest BCUT2D eigenvalue weighted by atomic mass is 10.1. The summed E-state index contributed by atoms with van der Waals surface area (Å²) in [5.74, 6) is -0.0291. The van der Waals surface area contributed by atoms with Crippen molar-refractivity contribution in [3.63, 3.8) is 0 Å². The van der Waals surface area contributed by atoms with Crippen molar-refractivity contribution in [1.29, 1.82) is 0 Å². The first-order valence-corrected chi connectivity index (χ1v) is 7.65. The third kappa shape index (κ3) is 5.17. The number of nitrogens with zero attached hydrogens (tertiary/aromatic N) is 2. The molecule has 0 aliphatic heterocycles. The minimum Gasteiger partial charge on any atom is -0.346 e. The van der Waals surface area contributed by atoms with E-state index < -0.39 is 6.04 Å². The van der Waals surface area contributed by atoms with Gasteiger partial charge >= 0.3 is 0 Å². The molecule has 0 unspecified atom stereocenters. The van der Waals surface area contributed by atoms with E-state index in [0.717, 1.165) is 0 Å². The van der Waals surface area contributed by atoms with Crippen molar-refractivity contribution in [3.8, 4) is 0 Å². The zero-order valence-corrected chi connectivity index (χ0v) is 13.7. The van der Waals surface area contributed by atoms with E-state index >= 15 is 0 Å². The van der Waals surface area contributed by atoms with Crippen LogP contribution >= 0.6 is 0 Å². The van der Waals surface area contributed by atoms with Crippen LogP contribution in [0.1, 0.15) is 25.6 Å². The van der Waals surface area contributed by atoms with Crippen LogP contribution in [0.2, 0.25) is 0 Å². The molecule has 2 amide bonds. The molecule has 8 nitrogen and oxygen atoms in total. The zero-order valence-electron chi connectivity index (χ0n) is 13.7. The Kier molecular flexibility index (Phi) is 6.02. The monoisotopic (exact) mass is 331 g/mol. The normalized spacial score (nSPS) is 12.0. The summed E-state index contributed by atoms with van der Waals surface area (Å²) >= 11 is 0. The van der Waals surface area contributed by atoms with Gasteiger partial charge in [0.05, 0.1) is 19.0 Å². The molecule has 0 aliphatic carbocycles. The van der Waals surface area contributed by atoms with Gasteiger partial charge < -0.3 is 20.9 Å². The molecule has 0 fully saturated rings. The number of nitrogens with two attached hydrogens (primary N) is 1. The van der Waals surface area contributed by atoms with Crippen molar-refractivity contribution < 1.29 is 14.1 Å². The number of carbonyl (C=O) groups excluding carboxylic acids is 2. The Morgan fingerprint density at radius 2 is 1.96 bits per heavy atom. The summed E-state index contributed by atoms with van der Waals surface area (Å²) in [5, 5.41) is 9.08. The molecule has 1 heterocycles. The van der Waals surface area contributed by atoms with Crippen LogP contribution in [0.3, 0.4) is 0 Å². The van der Waals surface area contributed by atoms with Gasteiger partial charge in [-0.1, -0.05) is 37.2 Å². The summed E-state index contributed by atoms with van der Waals surface area (Å²) in [6.45, 7) is 3.80. The van der Waals surface area contributed by atoms with Gasteiger partial charge in [-0.05, 0) is 18.1 Å². The van der Waals surface area contributed by atoms with E-state index in [-0.39, 0.29) is 42.4 Å². The lowest BCUT2D eigenvalue weighted by Crippen LogP contribution is -2.43. The number of nitrogens with one attached hydrogen (secondary N) is 2. The fourth-order valence-corrected chi connectivity index (χ4v) is 1.89. The van der Waals surface area contributed by atoms with Crippen molar-refractivity contribution in [2.45, 2.75) is 32.9 Å². The molecule has 0 bridgehead atoms. The van der Waals surface area contributed by atoms with Crippen LogP contribution in [0.4, 0.5) is 5.69 Å². The molecule has 1 aromatic heterocycles. The number of para-hydroxylation sites is 1. The maximum Gasteiger partial charge on any atom is 0.246 e. The highest BCUT2D eigenvalue weighted by molar-refractivity contribution is 5.91. The number of aromatic nitrogens is 2. The molecular weight excluding hydrogens is 310 g/mol. The van der Waals surface area contributed by atoms with Gasteiger partial charge in [-0.2, -0.15) is 4.98 Å². The first-order valence-electron chi connectivity index (χ1n) is 7.65. The highest BCUT2D eigenvalue weighted by atomic mass is 16.5. The molecule has 2 rings (SSSR count). The first-order chi connectivity index (χ1) is 11.5. The second kappa shape index (κ2) is 8.21. The van der Waals surface area contributed by atoms with E-state index in [4.69, 9.17) is 10.3 Å². The van der Waals surface area contributed by atoms with Crippen LogP contribution in [-0.2, 0) is 22.6 Å². The maximum atomic E-state index is 11.9. The van der Waals surface area contributed by atoms with Crippen LogP contribution in [0.15, 0.2) is 34.9 Å². The smallest absolute Gasteiger partial charge is 0.246 e. The molecule has 4 N–H and O–H groups in total. The zero-order chi connectivity index (χ0) is 17.5. The van der Waals surface area contributed by atoms with Gasteiger partial charge in [0.2, 0.25) is 17.7 Å². The molecule has 0 spiro atoms. The third-order valence-electron chi connectivity index (χ3n) is 3.32. The second-order valence-electron chi connectivity index (χ2n) is 5.68. The highest BCUT2D eigenvalue weighted by Gasteiger charge is 2.18. The molecule has 2 aromatic rings. The summed E-state index contributed by atoms with van der Waals surface area (Å²) < 4.78 is 5.01. The van der Waals surface area contributed by atoms with E-state index in [1.165, 1.54) is 0 Å². The molecule has 0 saturated heterocycles. The molecule has 8 heteroatoms. The quantitative estimate of drug-likeness (QED) is 0.691. The first kappa shape index (κ1) is 17.6. The lowest BCUT2D eigenvalue weighted by molar-refractivity contribution is -0.123. The molecule has 1 atom stereocenters. The van der Waals surface area contributed by atoms with Crippen molar-refractivity contribution in [1.82, 2.24) is 15.5 Å². The van der Waals surface area contributed by atoms with E-state index in [1.807, 2.05) is 32.0 Å². The maximum absolute atomic E-state index is 11.9. The van der Waals surface area contributed by atoms with Crippen LogP contribution in [0.25, 0.3) is 0 Å². The number of carbonyl (C=O) groups is 2. The molecule has 1 aromatic carbocycles. The van der Waals surface area contributed by atoms with Crippen molar-refractivity contribution in [2.75, 3.05) is 5.32 Å². The average molecular weight is 331 g/mol. The summed E-state index contributed by atoms with van der Waals surface area (Å²) in [4.78, 5) is 27.7. The van der Waals surface area contributed by atoms with Gasteiger partial charge in [-0.15, -0.1) is 0 Å². The van der Waals surface area contributed by atoms with E-state index in [2.05, 4.69) is 20.8 Å². The largest absolute Gasteiger partial charge is 0.346 e. The standard InChI is InChI=1S/C16H21N5O3/c1-10(2)15(17)16(23)18-9-14-20-12(21-24-14)8-13(22)19-11-6-4-3-5-7-11/h3-7,10,15H,8-9,17H2,1-2H3,(H,18,23)(H,19,22)/t15-/m0/s1. The number of hydrogen-bond acceptors (Lipinski definition) is 6. The Bertz CT molecular complexity index is 684. The van der Waals surface area contributed by atoms with Crippen LogP contribution in [0, 0.1) is 5.92 Å². The lowest BCUT2D eigenvalue weighted by Gasteiger charge is -2.14. The Morgan fingerprint density at radius 1 is 1.25 bits per heavy atom. The topological polar surface area (TPSA) is 123 Å². The molecule has 128 valence electrons. The molecule has 24 heavy (non-hydrogen) atoms. The van der Waals surface area contributed by atoms with Crippen molar-refractivity contribution >= 4 is 17.5 Å². The molecule has 0 radical (unpaired) electrons. The average Bonchev–Trinajstić information content (AvgIpc) is 2.99. The Hall–Kier alpha value is -2.74. The van der Waals surface area contributed by atoms with Crippen LogP contribution in [-0.4, -0.2) is 28.0 Å². The number of hydrogen-bond donors (Lipinski definition) is 3. The number of benzene rings is 1. The van der Waals surface area contributed by atoms with Gasteiger partial charge in [0.1, 0.15) is 0 Å². The fraction of sp³-hybridized carbons (Fsp3) is 0.375. The van der Waals surface area contributed by atoms with E-state index in [0.29, 0.717) is 5.69 Å². The Labute approximate surface area is 139 Å². The Morgan fingerprint density at radius 3 is 2.62 bits per heavy atom. The van der Waals surface area contributed by atoms with Gasteiger partial charge in [-0.3, -0.25) is 9.59 Å². The second-order valence-corrected chi connectivity index (χ2v) is 5.68. The predicted octanol–water partition coefficient (Wildman–Crippen LogP) is 0.850. The fourth-order valence-electron chi connectivity index (χ4n) is 1.89. The minimum absolute atomic E-state index is 0.0160. The summed E-state index contributed by atoms with van der Waals surface area (Å²) in [6, 6.07) is 8.49. The van der Waals surface area contributed by atoms with E-state index in [1.54, 1.807) is 12.1 Å². The van der Waals surface area contributed by atoms with Gasteiger partial charge in [-0.25, -0.2) is 0 Å². The Balaban J connectivity index is 1.82. The predicted molar refractivity (Wildman–Crippen MR) is 87.7 cm³/mol. The minimum atomic E-state index is -0.593. The molecular formula is C16H21N5O3. The number of amides is 2. The summed E-state index contributed by atoms with van der Waals surface area (Å²) in [6.07, 6.45) is -0.0160.